The Morgan fingerprint density at radius 2 is 1.67 bits per heavy atom. The Hall–Kier alpha value is -4.17. The van der Waals surface area contributed by atoms with E-state index in [1.165, 1.54) is 16.2 Å². The van der Waals surface area contributed by atoms with E-state index in [2.05, 4.69) is 19.7 Å². The zero-order valence-electron chi connectivity index (χ0n) is 29.1. The maximum Gasteiger partial charge on any atom is 0.549 e. The van der Waals surface area contributed by atoms with E-state index < -0.39 is 33.5 Å². The number of hydrogen-bond acceptors (Lipinski definition) is 10. The van der Waals surface area contributed by atoms with Gasteiger partial charge >= 0.3 is 12.2 Å². The van der Waals surface area contributed by atoms with Crippen molar-refractivity contribution in [1.29, 1.82) is 0 Å². The molecule has 1 saturated heterocycles. The van der Waals surface area contributed by atoms with Crippen molar-refractivity contribution in [2.75, 3.05) is 18.1 Å². The fourth-order valence-corrected chi connectivity index (χ4v) is 6.79. The van der Waals surface area contributed by atoms with Crippen molar-refractivity contribution in [3.8, 4) is 22.0 Å². The molecule has 0 N–H and O–H groups in total. The van der Waals surface area contributed by atoms with Gasteiger partial charge in [0.15, 0.2) is 5.69 Å². The normalized spacial score (nSPS) is 17.8. The number of hydrogen-bond donors (Lipinski definition) is 0. The predicted octanol–water partition coefficient (Wildman–Crippen LogP) is 8.75. The molecule has 0 saturated carbocycles. The number of carbonyl (C=O) groups excluding carboxylic acids is 2. The SMILES string of the molecule is CC(C)(C)OC(=O)N(c1nnc(-c2cccc(-c3nccn3C3COC3)c2)s1)c1ccc2c(c1Cl)C=N[N+]2(C(=O)OC(C)(C)C)C(C)(C)C. The molecule has 0 aliphatic carbocycles. The first-order valence-electron chi connectivity index (χ1n) is 16.0. The summed E-state index contributed by atoms with van der Waals surface area (Å²) in [7, 11) is 0. The monoisotopic (exact) mass is 706 g/mol. The average molecular weight is 707 g/mol. The molecule has 258 valence electrons. The number of amides is 2. The molecule has 4 aromatic rings. The lowest BCUT2D eigenvalue weighted by Gasteiger charge is -2.38. The first-order chi connectivity index (χ1) is 22.9. The van der Waals surface area contributed by atoms with Crippen LogP contribution in [0.25, 0.3) is 22.0 Å². The minimum atomic E-state index is -0.815. The molecule has 2 aliphatic rings. The van der Waals surface area contributed by atoms with Gasteiger partial charge in [0.1, 0.15) is 27.6 Å². The van der Waals surface area contributed by atoms with E-state index in [1.54, 1.807) is 45.3 Å². The first kappa shape index (κ1) is 34.7. The van der Waals surface area contributed by atoms with Gasteiger partial charge in [-0.1, -0.05) is 50.8 Å². The quantitative estimate of drug-likeness (QED) is 0.189. The molecule has 2 aromatic heterocycles. The minimum absolute atomic E-state index is 0.200. The summed E-state index contributed by atoms with van der Waals surface area (Å²) in [4.78, 5) is 33.6. The van der Waals surface area contributed by atoms with E-state index in [0.717, 1.165) is 17.0 Å². The van der Waals surface area contributed by atoms with Crippen molar-refractivity contribution in [1.82, 2.24) is 24.3 Å². The molecule has 1 atom stereocenters. The van der Waals surface area contributed by atoms with E-state index in [4.69, 9.17) is 30.9 Å². The van der Waals surface area contributed by atoms with Crippen LogP contribution in [0, 0.1) is 0 Å². The molecule has 2 amide bonds. The zero-order valence-corrected chi connectivity index (χ0v) is 30.7. The van der Waals surface area contributed by atoms with Crippen molar-refractivity contribution >= 4 is 57.8 Å². The fourth-order valence-electron chi connectivity index (χ4n) is 5.65. The van der Waals surface area contributed by atoms with Crippen molar-refractivity contribution in [2.45, 2.75) is 85.1 Å². The third-order valence-electron chi connectivity index (χ3n) is 7.95. The van der Waals surface area contributed by atoms with Gasteiger partial charge in [0.05, 0.1) is 41.7 Å². The van der Waals surface area contributed by atoms with Gasteiger partial charge < -0.3 is 18.8 Å². The number of nitrogens with zero attached hydrogens (tertiary/aromatic N) is 7. The highest BCUT2D eigenvalue weighted by Crippen LogP contribution is 2.48. The van der Waals surface area contributed by atoms with Gasteiger partial charge in [-0.25, -0.2) is 14.7 Å². The van der Waals surface area contributed by atoms with Gasteiger partial charge in [-0.15, -0.1) is 10.2 Å². The number of carbonyl (C=O) groups is 2. The molecule has 49 heavy (non-hydrogen) atoms. The number of rotatable bonds is 5. The summed E-state index contributed by atoms with van der Waals surface area (Å²) in [6.45, 7) is 17.8. The third kappa shape index (κ3) is 6.48. The van der Waals surface area contributed by atoms with Crippen LogP contribution in [0.1, 0.15) is 73.9 Å². The highest BCUT2D eigenvalue weighted by Gasteiger charge is 2.57. The maximum absolute atomic E-state index is 13.9. The van der Waals surface area contributed by atoms with E-state index in [9.17, 15) is 9.59 Å². The van der Waals surface area contributed by atoms with Crippen LogP contribution in [0.5, 0.6) is 0 Å². The molecular formula is C35H41ClN7O5S+. The van der Waals surface area contributed by atoms with Gasteiger partial charge in [0.25, 0.3) is 0 Å². The number of imidazole rings is 1. The summed E-state index contributed by atoms with van der Waals surface area (Å²) in [5.41, 5.74) is 0.753. The smallest absolute Gasteiger partial charge is 0.443 e. The lowest BCUT2D eigenvalue weighted by atomic mass is 10.0. The van der Waals surface area contributed by atoms with Gasteiger partial charge in [-0.3, -0.25) is 0 Å². The summed E-state index contributed by atoms with van der Waals surface area (Å²) in [5, 5.41) is 14.7. The summed E-state index contributed by atoms with van der Waals surface area (Å²) in [6.07, 6.45) is 4.07. The average Bonchev–Trinajstić information content (AvgIpc) is 3.71. The number of benzene rings is 2. The Morgan fingerprint density at radius 1 is 0.980 bits per heavy atom. The van der Waals surface area contributed by atoms with Crippen LogP contribution >= 0.6 is 22.9 Å². The highest BCUT2D eigenvalue weighted by molar-refractivity contribution is 7.18. The van der Waals surface area contributed by atoms with Gasteiger partial charge in [-0.05, 0) is 74.4 Å². The van der Waals surface area contributed by atoms with Crippen LogP contribution in [0.2, 0.25) is 5.02 Å². The van der Waals surface area contributed by atoms with Gasteiger partial charge in [-0.2, -0.15) is 4.79 Å². The molecule has 0 radical (unpaired) electrons. The second-order valence-corrected chi connectivity index (χ2v) is 16.3. The van der Waals surface area contributed by atoms with Crippen LogP contribution in [-0.2, 0) is 14.2 Å². The summed E-state index contributed by atoms with van der Waals surface area (Å²) < 4.78 is 18.7. The lowest BCUT2D eigenvalue weighted by molar-refractivity contribution is -0.0226. The Balaban J connectivity index is 1.41. The van der Waals surface area contributed by atoms with E-state index in [-0.39, 0.29) is 16.2 Å². The maximum atomic E-state index is 13.9. The van der Waals surface area contributed by atoms with E-state index in [0.29, 0.717) is 35.2 Å². The molecule has 4 heterocycles. The zero-order chi connectivity index (χ0) is 35.5. The van der Waals surface area contributed by atoms with Crippen LogP contribution in [0.3, 0.4) is 0 Å². The summed E-state index contributed by atoms with van der Waals surface area (Å²) in [5.74, 6) is 0.831. The second-order valence-electron chi connectivity index (χ2n) is 15.0. The van der Waals surface area contributed by atoms with Crippen molar-refractivity contribution < 1.29 is 23.8 Å². The van der Waals surface area contributed by atoms with Crippen molar-refractivity contribution in [3.05, 3.63) is 59.4 Å². The number of ether oxygens (including phenoxy) is 3. The minimum Gasteiger partial charge on any atom is -0.443 e. The molecule has 14 heteroatoms. The molecule has 12 nitrogen and oxygen atoms in total. The lowest BCUT2D eigenvalue weighted by Crippen LogP contribution is -2.61. The van der Waals surface area contributed by atoms with Crippen LogP contribution in [0.15, 0.2) is 53.9 Å². The van der Waals surface area contributed by atoms with Crippen LogP contribution < -0.4 is 9.49 Å². The molecule has 2 aromatic carbocycles. The predicted molar refractivity (Wildman–Crippen MR) is 192 cm³/mol. The summed E-state index contributed by atoms with van der Waals surface area (Å²) in [6, 6.07) is 11.5. The van der Waals surface area contributed by atoms with E-state index in [1.807, 2.05) is 72.0 Å². The largest absolute Gasteiger partial charge is 0.549 e. The fraction of sp³-hybridized carbons (Fsp3) is 0.429. The topological polar surface area (TPSA) is 121 Å². The Labute approximate surface area is 294 Å². The van der Waals surface area contributed by atoms with Crippen LogP contribution in [-0.4, -0.2) is 68.1 Å². The molecule has 2 aliphatic heterocycles. The second kappa shape index (κ2) is 12.3. The molecule has 0 bridgehead atoms. The van der Waals surface area contributed by atoms with Crippen LogP contribution in [0.4, 0.5) is 26.1 Å². The molecule has 6 rings (SSSR count). The standard InChI is InChI=1S/C35H41ClN7O5S/c1-33(2,3)43(32(45)48-35(7,8)9)26-14-13-25(27(36)24(26)18-38-43)42(31(44)47-34(4,5)6)30-40-39-29(49-30)22-12-10-11-21(17-22)28-37-15-16-41(28)23-19-46-20-23/h10-18,23H,19-20H2,1-9H3/q+1. The number of aromatic nitrogens is 4. The first-order valence-corrected chi connectivity index (χ1v) is 17.2. The van der Waals surface area contributed by atoms with Gasteiger partial charge in [0.2, 0.25) is 5.13 Å². The third-order valence-corrected chi connectivity index (χ3v) is 9.30. The number of halogens is 1. The number of fused-ring (bicyclic) bond motifs is 1. The van der Waals surface area contributed by atoms with Crippen molar-refractivity contribution in [2.24, 2.45) is 5.10 Å². The Kier molecular flexibility index (Phi) is 8.71. The molecule has 0 spiro atoms. The number of quaternary nitrogens is 1. The van der Waals surface area contributed by atoms with Crippen molar-refractivity contribution in [3.63, 3.8) is 0 Å². The summed E-state index contributed by atoms with van der Waals surface area (Å²) >= 11 is 8.34. The number of anilines is 2. The molecular weight excluding hydrogens is 666 g/mol. The van der Waals surface area contributed by atoms with E-state index >= 15 is 0 Å². The highest BCUT2D eigenvalue weighted by atomic mass is 35.5. The van der Waals surface area contributed by atoms with Gasteiger partial charge in [0, 0.05) is 29.6 Å². The molecule has 1 fully saturated rings. The molecule has 1 unspecified atom stereocenters. The Morgan fingerprint density at radius 3 is 2.31 bits per heavy atom. The Bertz CT molecular complexity index is 1950.